The van der Waals surface area contributed by atoms with E-state index in [0.29, 0.717) is 34.5 Å². The summed E-state index contributed by atoms with van der Waals surface area (Å²) in [6, 6.07) is 15.1. The molecule has 1 atom stereocenters. The Balaban J connectivity index is 1.59. The highest BCUT2D eigenvalue weighted by atomic mass is 35.5. The first-order valence-electron chi connectivity index (χ1n) is 9.90. The zero-order valence-electron chi connectivity index (χ0n) is 17.6. The second-order valence-electron chi connectivity index (χ2n) is 8.00. The van der Waals surface area contributed by atoms with Gasteiger partial charge in [-0.2, -0.15) is 4.98 Å². The second-order valence-corrected chi connectivity index (χ2v) is 8.41. The van der Waals surface area contributed by atoms with Crippen LogP contribution in [0.15, 0.2) is 53.1 Å². The van der Waals surface area contributed by atoms with Crippen LogP contribution in [-0.4, -0.2) is 22.2 Å². The molecule has 0 aliphatic rings. The molecule has 2 aromatic carbocycles. The van der Waals surface area contributed by atoms with Crippen LogP contribution in [0.25, 0.3) is 11.4 Å². The van der Waals surface area contributed by atoms with Gasteiger partial charge in [0.1, 0.15) is 5.75 Å². The molecule has 0 spiro atoms. The third kappa shape index (κ3) is 5.39. The third-order valence-electron chi connectivity index (χ3n) is 4.66. The summed E-state index contributed by atoms with van der Waals surface area (Å²) in [4.78, 5) is 16.9. The van der Waals surface area contributed by atoms with Crippen LogP contribution in [0.5, 0.6) is 5.75 Å². The lowest BCUT2D eigenvalue weighted by molar-refractivity contribution is -0.128. The van der Waals surface area contributed by atoms with Gasteiger partial charge >= 0.3 is 0 Å². The van der Waals surface area contributed by atoms with Crippen LogP contribution >= 0.6 is 11.6 Å². The molecule has 30 heavy (non-hydrogen) atoms. The highest BCUT2D eigenvalue weighted by Crippen LogP contribution is 2.26. The molecule has 1 amide bonds. The highest BCUT2D eigenvalue weighted by molar-refractivity contribution is 6.33. The smallest absolute Gasteiger partial charge is 0.261 e. The first-order chi connectivity index (χ1) is 14.3. The van der Waals surface area contributed by atoms with Crippen molar-refractivity contribution in [1.82, 2.24) is 15.5 Å². The Morgan fingerprint density at radius 1 is 1.17 bits per heavy atom. The molecule has 1 aromatic heterocycles. The molecule has 0 saturated carbocycles. The number of carbonyl (C=O) groups is 1. The number of hydrogen-bond acceptors (Lipinski definition) is 5. The minimum absolute atomic E-state index is 0.0625. The maximum atomic E-state index is 12.6. The molecule has 3 rings (SSSR count). The van der Waals surface area contributed by atoms with Gasteiger partial charge in [-0.1, -0.05) is 68.7 Å². The number of ether oxygens (including phenoxy) is 1. The average molecular weight is 428 g/mol. The number of nitrogens with zero attached hydrogens (tertiary/aromatic N) is 2. The van der Waals surface area contributed by atoms with Crippen molar-refractivity contribution in [1.29, 1.82) is 0 Å². The maximum absolute atomic E-state index is 12.6. The summed E-state index contributed by atoms with van der Waals surface area (Å²) in [6.45, 7) is 8.47. The topological polar surface area (TPSA) is 77.2 Å². The average Bonchev–Trinajstić information content (AvgIpc) is 3.19. The van der Waals surface area contributed by atoms with E-state index < -0.39 is 6.10 Å². The summed E-state index contributed by atoms with van der Waals surface area (Å²) in [7, 11) is 0. The number of nitrogens with one attached hydrogen (secondary N) is 1. The summed E-state index contributed by atoms with van der Waals surface area (Å²) in [5.41, 5.74) is 1.94. The van der Waals surface area contributed by atoms with Gasteiger partial charge in [-0.05, 0) is 41.7 Å². The predicted molar refractivity (Wildman–Crippen MR) is 116 cm³/mol. The molecule has 0 radical (unpaired) electrons. The van der Waals surface area contributed by atoms with Crippen molar-refractivity contribution in [2.45, 2.75) is 52.2 Å². The van der Waals surface area contributed by atoms with Gasteiger partial charge in [0.05, 0.1) is 11.6 Å². The second kappa shape index (κ2) is 9.30. The zero-order valence-corrected chi connectivity index (χ0v) is 18.4. The molecule has 158 valence electrons. The highest BCUT2D eigenvalue weighted by Gasteiger charge is 2.20. The van der Waals surface area contributed by atoms with Crippen LogP contribution in [0.4, 0.5) is 0 Å². The third-order valence-corrected chi connectivity index (χ3v) is 4.99. The first-order valence-corrected chi connectivity index (χ1v) is 10.3. The van der Waals surface area contributed by atoms with E-state index in [0.717, 1.165) is 0 Å². The molecule has 1 N–H and O–H groups in total. The van der Waals surface area contributed by atoms with Gasteiger partial charge in [0, 0.05) is 5.56 Å². The molecule has 0 fully saturated rings. The van der Waals surface area contributed by atoms with Crippen molar-refractivity contribution < 1.29 is 14.1 Å². The first kappa shape index (κ1) is 21.8. The quantitative estimate of drug-likeness (QED) is 0.563. The van der Waals surface area contributed by atoms with Crippen molar-refractivity contribution in [3.05, 3.63) is 65.0 Å². The zero-order chi connectivity index (χ0) is 21.7. The van der Waals surface area contributed by atoms with Crippen molar-refractivity contribution in [3.8, 4) is 17.1 Å². The Bertz CT molecular complexity index is 993. The van der Waals surface area contributed by atoms with Crippen LogP contribution in [0.3, 0.4) is 0 Å². The number of halogens is 1. The van der Waals surface area contributed by atoms with Crippen LogP contribution < -0.4 is 10.1 Å². The summed E-state index contributed by atoms with van der Waals surface area (Å²) in [5.74, 6) is 1.09. The van der Waals surface area contributed by atoms with Crippen LogP contribution in [0.2, 0.25) is 5.02 Å². The lowest BCUT2D eigenvalue weighted by Gasteiger charge is -2.20. The van der Waals surface area contributed by atoms with Gasteiger partial charge in [0.25, 0.3) is 5.91 Å². The summed E-state index contributed by atoms with van der Waals surface area (Å²) >= 11 is 6.16. The standard InChI is InChI=1S/C23H26ClN3O3/c1-5-19(29-16-12-10-15(11-13-16)23(2,3)4)22(28)25-14-20-26-21(27-30-20)17-8-6-7-9-18(17)24/h6-13,19H,5,14H2,1-4H3,(H,25,28)/t19-/m0/s1. The van der Waals surface area contributed by atoms with Crippen molar-refractivity contribution in [2.75, 3.05) is 0 Å². The van der Waals surface area contributed by atoms with Crippen LogP contribution in [0, 0.1) is 0 Å². The molecule has 0 unspecified atom stereocenters. The molecule has 0 bridgehead atoms. The Kier molecular flexibility index (Phi) is 6.77. The van der Waals surface area contributed by atoms with Gasteiger partial charge in [0.2, 0.25) is 11.7 Å². The van der Waals surface area contributed by atoms with Gasteiger partial charge in [-0.3, -0.25) is 4.79 Å². The van der Waals surface area contributed by atoms with E-state index in [9.17, 15) is 4.79 Å². The molecular weight excluding hydrogens is 402 g/mol. The van der Waals surface area contributed by atoms with Gasteiger partial charge in [-0.25, -0.2) is 0 Å². The van der Waals surface area contributed by atoms with E-state index in [2.05, 4.69) is 36.2 Å². The van der Waals surface area contributed by atoms with Gasteiger partial charge in [0.15, 0.2) is 6.10 Å². The lowest BCUT2D eigenvalue weighted by Crippen LogP contribution is -2.37. The Morgan fingerprint density at radius 2 is 1.87 bits per heavy atom. The largest absolute Gasteiger partial charge is 0.481 e. The molecular formula is C23H26ClN3O3. The Hall–Kier alpha value is -2.86. The van der Waals surface area contributed by atoms with E-state index in [1.54, 1.807) is 12.1 Å². The minimum Gasteiger partial charge on any atom is -0.481 e. The fourth-order valence-corrected chi connectivity index (χ4v) is 3.10. The lowest BCUT2D eigenvalue weighted by atomic mass is 9.87. The number of aromatic nitrogens is 2. The SMILES string of the molecule is CC[C@H](Oc1ccc(C(C)(C)C)cc1)C(=O)NCc1nc(-c2ccccc2Cl)no1. The van der Waals surface area contributed by atoms with Gasteiger partial charge in [-0.15, -0.1) is 0 Å². The number of carbonyl (C=O) groups excluding carboxylic acids is 1. The van der Waals surface area contributed by atoms with Crippen molar-refractivity contribution >= 4 is 17.5 Å². The molecule has 7 heteroatoms. The molecule has 1 heterocycles. The normalized spacial score (nSPS) is 12.4. The number of hydrogen-bond donors (Lipinski definition) is 1. The fourth-order valence-electron chi connectivity index (χ4n) is 2.88. The molecule has 0 aliphatic carbocycles. The Labute approximate surface area is 181 Å². The summed E-state index contributed by atoms with van der Waals surface area (Å²) in [5, 5.41) is 7.26. The molecule has 3 aromatic rings. The molecule has 0 aliphatic heterocycles. The van der Waals surface area contributed by atoms with Crippen LogP contribution in [-0.2, 0) is 16.8 Å². The van der Waals surface area contributed by atoms with Gasteiger partial charge < -0.3 is 14.6 Å². The maximum Gasteiger partial charge on any atom is 0.261 e. The summed E-state index contributed by atoms with van der Waals surface area (Å²) in [6.07, 6.45) is -0.0851. The van der Waals surface area contributed by atoms with E-state index in [-0.39, 0.29) is 17.9 Å². The van der Waals surface area contributed by atoms with E-state index in [1.807, 2.05) is 43.3 Å². The number of benzene rings is 2. The monoisotopic (exact) mass is 427 g/mol. The molecule has 0 saturated heterocycles. The number of rotatable bonds is 7. The van der Waals surface area contributed by atoms with E-state index in [4.69, 9.17) is 20.9 Å². The Morgan fingerprint density at radius 3 is 2.50 bits per heavy atom. The van der Waals surface area contributed by atoms with E-state index in [1.165, 1.54) is 5.56 Å². The van der Waals surface area contributed by atoms with Crippen LogP contribution in [0.1, 0.15) is 45.6 Å². The number of amides is 1. The van der Waals surface area contributed by atoms with Crippen molar-refractivity contribution in [2.24, 2.45) is 0 Å². The van der Waals surface area contributed by atoms with Crippen molar-refractivity contribution in [3.63, 3.8) is 0 Å². The summed E-state index contributed by atoms with van der Waals surface area (Å²) < 4.78 is 11.1. The molecule has 6 nitrogen and oxygen atoms in total. The predicted octanol–water partition coefficient (Wildman–Crippen LogP) is 5.16. The van der Waals surface area contributed by atoms with E-state index >= 15 is 0 Å². The fraction of sp³-hybridized carbons (Fsp3) is 0.348. The minimum atomic E-state index is -0.614.